The van der Waals surface area contributed by atoms with E-state index in [1.807, 2.05) is 13.8 Å². The highest BCUT2D eigenvalue weighted by molar-refractivity contribution is 5.85. The van der Waals surface area contributed by atoms with Gasteiger partial charge in [0, 0.05) is 5.56 Å². The van der Waals surface area contributed by atoms with Crippen LogP contribution in [0, 0.1) is 21.8 Å². The Morgan fingerprint density at radius 3 is 2.50 bits per heavy atom. The Balaban J connectivity index is 0.00000361. The summed E-state index contributed by atoms with van der Waals surface area (Å²) in [5, 5.41) is 20.8. The molecule has 114 valence electrons. The Morgan fingerprint density at radius 2 is 2.00 bits per heavy atom. The molecule has 0 bridgehead atoms. The molecule has 20 heavy (non-hydrogen) atoms. The molecule has 0 radical (unpaired) electrons. The Morgan fingerprint density at radius 1 is 1.40 bits per heavy atom. The fraction of sp³-hybridized carbons (Fsp3) is 0.538. The van der Waals surface area contributed by atoms with Crippen LogP contribution in [0.15, 0.2) is 18.2 Å². The van der Waals surface area contributed by atoms with Gasteiger partial charge in [-0.1, -0.05) is 13.8 Å². The smallest absolute Gasteiger partial charge is 0.277 e. The molecule has 0 aromatic heterocycles. The van der Waals surface area contributed by atoms with Crippen LogP contribution in [-0.2, 0) is 0 Å². The van der Waals surface area contributed by atoms with Crippen LogP contribution in [0.5, 0.6) is 0 Å². The van der Waals surface area contributed by atoms with E-state index < -0.39 is 28.6 Å². The molecule has 2 atom stereocenters. The number of rotatable bonds is 6. The summed E-state index contributed by atoms with van der Waals surface area (Å²) in [4.78, 5) is 10.2. The monoisotopic (exact) mass is 306 g/mol. The van der Waals surface area contributed by atoms with Gasteiger partial charge < -0.3 is 10.8 Å². The minimum Gasteiger partial charge on any atom is -0.391 e. The van der Waals surface area contributed by atoms with Gasteiger partial charge in [-0.3, -0.25) is 10.1 Å². The molecule has 1 aromatic carbocycles. The van der Waals surface area contributed by atoms with Crippen LogP contribution in [0.25, 0.3) is 0 Å². The van der Waals surface area contributed by atoms with Crippen LogP contribution in [0.4, 0.5) is 10.1 Å². The van der Waals surface area contributed by atoms with Crippen LogP contribution in [0.2, 0.25) is 0 Å². The number of aliphatic hydroxyl groups is 1. The lowest BCUT2D eigenvalue weighted by Crippen LogP contribution is -2.27. The third-order valence-electron chi connectivity index (χ3n) is 3.00. The molecular weight excluding hydrogens is 287 g/mol. The van der Waals surface area contributed by atoms with E-state index in [4.69, 9.17) is 5.73 Å². The zero-order valence-corrected chi connectivity index (χ0v) is 12.3. The second-order valence-electron chi connectivity index (χ2n) is 5.02. The number of nitro groups is 1. The maximum atomic E-state index is 13.0. The van der Waals surface area contributed by atoms with Gasteiger partial charge in [0.05, 0.1) is 23.1 Å². The van der Waals surface area contributed by atoms with Crippen molar-refractivity contribution in [3.8, 4) is 0 Å². The first-order chi connectivity index (χ1) is 8.82. The van der Waals surface area contributed by atoms with Crippen molar-refractivity contribution in [1.29, 1.82) is 0 Å². The van der Waals surface area contributed by atoms with Crippen molar-refractivity contribution in [2.24, 2.45) is 11.7 Å². The van der Waals surface area contributed by atoms with Crippen LogP contribution in [0.1, 0.15) is 38.3 Å². The molecule has 1 rings (SSSR count). The Bertz CT molecular complexity index is 457. The number of halogens is 2. The van der Waals surface area contributed by atoms with Gasteiger partial charge in [0.25, 0.3) is 5.69 Å². The molecular formula is C13H20ClFN2O3. The SMILES string of the molecule is CC(C)CC[C@H](O)[C@H](N)c1ccc(F)cc1[N+](=O)[O-].Cl. The van der Waals surface area contributed by atoms with Crippen molar-refractivity contribution in [3.63, 3.8) is 0 Å². The summed E-state index contributed by atoms with van der Waals surface area (Å²) in [6, 6.07) is 2.30. The summed E-state index contributed by atoms with van der Waals surface area (Å²) in [6.45, 7) is 4.02. The average Bonchev–Trinajstić information content (AvgIpc) is 2.34. The van der Waals surface area contributed by atoms with Gasteiger partial charge in [-0.05, 0) is 30.9 Å². The highest BCUT2D eigenvalue weighted by atomic mass is 35.5. The van der Waals surface area contributed by atoms with E-state index in [1.165, 1.54) is 6.07 Å². The van der Waals surface area contributed by atoms with E-state index >= 15 is 0 Å². The molecule has 0 aliphatic carbocycles. The number of aliphatic hydroxyl groups excluding tert-OH is 1. The van der Waals surface area contributed by atoms with Crippen LogP contribution >= 0.6 is 12.4 Å². The molecule has 1 aromatic rings. The first-order valence-corrected chi connectivity index (χ1v) is 6.20. The van der Waals surface area contributed by atoms with Gasteiger partial charge in [0.2, 0.25) is 0 Å². The molecule has 0 aliphatic rings. The normalized spacial score (nSPS) is 13.7. The highest BCUT2D eigenvalue weighted by Gasteiger charge is 2.25. The molecule has 0 amide bonds. The number of hydrogen-bond acceptors (Lipinski definition) is 4. The third kappa shape index (κ3) is 5.03. The standard InChI is InChI=1S/C13H19FN2O3.ClH/c1-8(2)3-6-12(17)13(15)10-5-4-9(14)7-11(10)16(18)19;/h4-5,7-8,12-13,17H,3,6,15H2,1-2H3;1H/t12-,13+;/m0./s1. The number of nitrogens with two attached hydrogens (primary N) is 1. The van der Waals surface area contributed by atoms with E-state index in [0.717, 1.165) is 18.6 Å². The van der Waals surface area contributed by atoms with Gasteiger partial charge in [-0.25, -0.2) is 4.39 Å². The lowest BCUT2D eigenvalue weighted by molar-refractivity contribution is -0.386. The molecule has 0 saturated carbocycles. The fourth-order valence-corrected chi connectivity index (χ4v) is 1.85. The number of nitro benzene ring substituents is 1. The van der Waals surface area contributed by atoms with Gasteiger partial charge in [-0.2, -0.15) is 0 Å². The largest absolute Gasteiger partial charge is 0.391 e. The molecule has 3 N–H and O–H groups in total. The molecule has 0 unspecified atom stereocenters. The van der Waals surface area contributed by atoms with Crippen molar-refractivity contribution in [2.45, 2.75) is 38.8 Å². The van der Waals surface area contributed by atoms with Gasteiger partial charge in [0.15, 0.2) is 0 Å². The van der Waals surface area contributed by atoms with Gasteiger partial charge >= 0.3 is 0 Å². The van der Waals surface area contributed by atoms with Crippen molar-refractivity contribution in [2.75, 3.05) is 0 Å². The lowest BCUT2D eigenvalue weighted by Gasteiger charge is -2.20. The average molecular weight is 307 g/mol. The number of hydrogen-bond donors (Lipinski definition) is 2. The van der Waals surface area contributed by atoms with Crippen LogP contribution in [0.3, 0.4) is 0 Å². The predicted octanol–water partition coefficient (Wildman–Crippen LogP) is 2.95. The van der Waals surface area contributed by atoms with Crippen molar-refractivity contribution in [1.82, 2.24) is 0 Å². The topological polar surface area (TPSA) is 89.4 Å². The summed E-state index contributed by atoms with van der Waals surface area (Å²) in [5.74, 6) is -0.288. The van der Waals surface area contributed by atoms with Crippen LogP contribution < -0.4 is 5.73 Å². The summed E-state index contributed by atoms with van der Waals surface area (Å²) in [5.41, 5.74) is 5.60. The molecule has 0 heterocycles. The fourth-order valence-electron chi connectivity index (χ4n) is 1.85. The molecule has 0 saturated heterocycles. The van der Waals surface area contributed by atoms with E-state index in [9.17, 15) is 19.6 Å². The van der Waals surface area contributed by atoms with Crippen LogP contribution in [-0.4, -0.2) is 16.1 Å². The van der Waals surface area contributed by atoms with E-state index in [2.05, 4.69) is 0 Å². The number of nitrogens with zero attached hydrogens (tertiary/aromatic N) is 1. The molecule has 7 heteroatoms. The van der Waals surface area contributed by atoms with E-state index in [1.54, 1.807) is 0 Å². The van der Waals surface area contributed by atoms with Crippen molar-refractivity contribution in [3.05, 3.63) is 39.7 Å². The minimum atomic E-state index is -0.889. The zero-order chi connectivity index (χ0) is 14.6. The Kier molecular flexibility index (Phi) is 7.63. The molecule has 0 spiro atoms. The van der Waals surface area contributed by atoms with E-state index in [0.29, 0.717) is 12.3 Å². The number of benzene rings is 1. The third-order valence-corrected chi connectivity index (χ3v) is 3.00. The zero-order valence-electron chi connectivity index (χ0n) is 11.5. The predicted molar refractivity (Wildman–Crippen MR) is 77.3 cm³/mol. The minimum absolute atomic E-state index is 0. The van der Waals surface area contributed by atoms with Gasteiger partial charge in [-0.15, -0.1) is 12.4 Å². The summed E-state index contributed by atoms with van der Waals surface area (Å²) in [7, 11) is 0. The van der Waals surface area contributed by atoms with Gasteiger partial charge in [0.1, 0.15) is 5.82 Å². The maximum absolute atomic E-state index is 13.0. The summed E-state index contributed by atoms with van der Waals surface area (Å²) in [6.07, 6.45) is 0.337. The quantitative estimate of drug-likeness (QED) is 0.624. The van der Waals surface area contributed by atoms with Crippen molar-refractivity contribution >= 4 is 18.1 Å². The Labute approximate surface area is 123 Å². The maximum Gasteiger partial charge on any atom is 0.277 e. The first kappa shape index (κ1) is 18.8. The lowest BCUT2D eigenvalue weighted by atomic mass is 9.95. The summed E-state index contributed by atoms with van der Waals surface area (Å²) >= 11 is 0. The molecule has 5 nitrogen and oxygen atoms in total. The molecule has 0 aliphatic heterocycles. The summed E-state index contributed by atoms with van der Waals surface area (Å²) < 4.78 is 13.0. The Hall–Kier alpha value is -1.24. The second kappa shape index (κ2) is 8.14. The van der Waals surface area contributed by atoms with E-state index in [-0.39, 0.29) is 18.0 Å². The molecule has 0 fully saturated rings. The first-order valence-electron chi connectivity index (χ1n) is 6.20. The highest BCUT2D eigenvalue weighted by Crippen LogP contribution is 2.28. The van der Waals surface area contributed by atoms with Crippen molar-refractivity contribution < 1.29 is 14.4 Å². The second-order valence-corrected chi connectivity index (χ2v) is 5.02.